The molecule has 1 N–H and O–H groups in total. The Morgan fingerprint density at radius 3 is 2.47 bits per heavy atom. The standard InChI is InChI=1S/C18H29N/c1-5-19-18(16-11-6-8-13(2)12-16)17-14(3)9-7-10-15(17)4/h7,9-10,13,16,18-19H,5-6,8,11-12H2,1-4H3. The fourth-order valence-electron chi connectivity index (χ4n) is 3.83. The molecule has 1 saturated carbocycles. The van der Waals surface area contributed by atoms with Gasteiger partial charge < -0.3 is 5.32 Å². The third kappa shape index (κ3) is 3.39. The first kappa shape index (κ1) is 14.6. The van der Waals surface area contributed by atoms with E-state index in [1.54, 1.807) is 5.56 Å². The summed E-state index contributed by atoms with van der Waals surface area (Å²) in [5.74, 6) is 1.70. The van der Waals surface area contributed by atoms with Crippen molar-refractivity contribution in [2.75, 3.05) is 6.54 Å². The van der Waals surface area contributed by atoms with Gasteiger partial charge in [0, 0.05) is 6.04 Å². The summed E-state index contributed by atoms with van der Waals surface area (Å²) in [6.45, 7) is 10.2. The lowest BCUT2D eigenvalue weighted by molar-refractivity contribution is 0.224. The van der Waals surface area contributed by atoms with Crippen molar-refractivity contribution in [3.8, 4) is 0 Å². The fourth-order valence-corrected chi connectivity index (χ4v) is 3.83. The van der Waals surface area contributed by atoms with E-state index in [1.165, 1.54) is 36.8 Å². The van der Waals surface area contributed by atoms with Crippen LogP contribution >= 0.6 is 0 Å². The van der Waals surface area contributed by atoms with Gasteiger partial charge in [0.25, 0.3) is 0 Å². The molecule has 0 radical (unpaired) electrons. The maximum absolute atomic E-state index is 3.77. The van der Waals surface area contributed by atoms with Gasteiger partial charge in [0.1, 0.15) is 0 Å². The predicted octanol–water partition coefficient (Wildman–Crippen LogP) is 4.78. The molecular formula is C18H29N. The first-order chi connectivity index (χ1) is 9.13. The van der Waals surface area contributed by atoms with Crippen LogP contribution in [0.3, 0.4) is 0 Å². The van der Waals surface area contributed by atoms with Crippen LogP contribution in [0.5, 0.6) is 0 Å². The Kier molecular flexibility index (Phi) is 5.04. The van der Waals surface area contributed by atoms with Gasteiger partial charge in [-0.15, -0.1) is 0 Å². The molecule has 0 bridgehead atoms. The molecule has 1 aromatic rings. The second-order valence-electron chi connectivity index (χ2n) is 6.37. The summed E-state index contributed by atoms with van der Waals surface area (Å²) >= 11 is 0. The van der Waals surface area contributed by atoms with E-state index in [9.17, 15) is 0 Å². The smallest absolute Gasteiger partial charge is 0.0353 e. The zero-order valence-electron chi connectivity index (χ0n) is 13.0. The van der Waals surface area contributed by atoms with Gasteiger partial charge in [0.05, 0.1) is 0 Å². The van der Waals surface area contributed by atoms with Crippen molar-refractivity contribution in [2.45, 2.75) is 59.4 Å². The van der Waals surface area contributed by atoms with E-state index < -0.39 is 0 Å². The van der Waals surface area contributed by atoms with Gasteiger partial charge in [0.2, 0.25) is 0 Å². The summed E-state index contributed by atoms with van der Waals surface area (Å²) in [7, 11) is 0. The number of benzene rings is 1. The summed E-state index contributed by atoms with van der Waals surface area (Å²) in [5, 5.41) is 3.77. The Morgan fingerprint density at radius 2 is 1.89 bits per heavy atom. The normalized spacial score (nSPS) is 25.3. The molecule has 1 aromatic carbocycles. The van der Waals surface area contributed by atoms with Gasteiger partial charge in [-0.2, -0.15) is 0 Å². The van der Waals surface area contributed by atoms with E-state index in [-0.39, 0.29) is 0 Å². The molecule has 106 valence electrons. The molecule has 2 rings (SSSR count). The van der Waals surface area contributed by atoms with Crippen LogP contribution in [0.4, 0.5) is 0 Å². The summed E-state index contributed by atoms with van der Waals surface area (Å²) in [5.41, 5.74) is 4.46. The summed E-state index contributed by atoms with van der Waals surface area (Å²) in [6, 6.07) is 7.26. The van der Waals surface area contributed by atoms with Crippen LogP contribution in [-0.4, -0.2) is 6.54 Å². The molecule has 3 atom stereocenters. The van der Waals surface area contributed by atoms with Crippen molar-refractivity contribution in [2.24, 2.45) is 11.8 Å². The third-order valence-corrected chi connectivity index (χ3v) is 4.73. The van der Waals surface area contributed by atoms with Gasteiger partial charge >= 0.3 is 0 Å². The van der Waals surface area contributed by atoms with E-state index in [2.05, 4.69) is 51.2 Å². The summed E-state index contributed by atoms with van der Waals surface area (Å²) < 4.78 is 0. The van der Waals surface area contributed by atoms with Crippen LogP contribution in [0.25, 0.3) is 0 Å². The molecule has 1 nitrogen and oxygen atoms in total. The van der Waals surface area contributed by atoms with Crippen molar-refractivity contribution in [1.82, 2.24) is 5.32 Å². The fraction of sp³-hybridized carbons (Fsp3) is 0.667. The highest BCUT2D eigenvalue weighted by Crippen LogP contribution is 2.38. The minimum absolute atomic E-state index is 0.550. The molecule has 0 amide bonds. The van der Waals surface area contributed by atoms with Crippen molar-refractivity contribution >= 4 is 0 Å². The summed E-state index contributed by atoms with van der Waals surface area (Å²) in [4.78, 5) is 0. The minimum Gasteiger partial charge on any atom is -0.310 e. The average molecular weight is 259 g/mol. The van der Waals surface area contributed by atoms with Crippen molar-refractivity contribution in [3.63, 3.8) is 0 Å². The molecule has 0 heterocycles. The van der Waals surface area contributed by atoms with Gasteiger partial charge in [-0.3, -0.25) is 0 Å². The Hall–Kier alpha value is -0.820. The second-order valence-corrected chi connectivity index (χ2v) is 6.37. The largest absolute Gasteiger partial charge is 0.310 e. The van der Waals surface area contributed by atoms with Crippen LogP contribution < -0.4 is 5.32 Å². The zero-order chi connectivity index (χ0) is 13.8. The van der Waals surface area contributed by atoms with E-state index in [0.29, 0.717) is 6.04 Å². The first-order valence-electron chi connectivity index (χ1n) is 7.93. The maximum atomic E-state index is 3.77. The van der Waals surface area contributed by atoms with Gasteiger partial charge in [-0.1, -0.05) is 44.9 Å². The van der Waals surface area contributed by atoms with E-state index in [1.807, 2.05) is 0 Å². The van der Waals surface area contributed by atoms with Crippen molar-refractivity contribution in [1.29, 1.82) is 0 Å². The van der Waals surface area contributed by atoms with Gasteiger partial charge in [-0.25, -0.2) is 0 Å². The number of rotatable bonds is 4. The van der Waals surface area contributed by atoms with Crippen LogP contribution in [0, 0.1) is 25.7 Å². The maximum Gasteiger partial charge on any atom is 0.0353 e. The molecule has 19 heavy (non-hydrogen) atoms. The topological polar surface area (TPSA) is 12.0 Å². The van der Waals surface area contributed by atoms with Gasteiger partial charge in [0.15, 0.2) is 0 Å². The lowest BCUT2D eigenvalue weighted by Gasteiger charge is -2.35. The van der Waals surface area contributed by atoms with Crippen molar-refractivity contribution < 1.29 is 0 Å². The van der Waals surface area contributed by atoms with Crippen molar-refractivity contribution in [3.05, 3.63) is 34.9 Å². The highest BCUT2D eigenvalue weighted by atomic mass is 14.9. The number of hydrogen-bond acceptors (Lipinski definition) is 1. The molecule has 1 aliphatic rings. The SMILES string of the molecule is CCNC(c1c(C)cccc1C)C1CCCC(C)C1. The van der Waals surface area contributed by atoms with Crippen LogP contribution in [0.2, 0.25) is 0 Å². The Morgan fingerprint density at radius 1 is 1.21 bits per heavy atom. The predicted molar refractivity (Wildman–Crippen MR) is 83.5 cm³/mol. The molecular weight excluding hydrogens is 230 g/mol. The minimum atomic E-state index is 0.550. The Balaban J connectivity index is 2.28. The van der Waals surface area contributed by atoms with Crippen LogP contribution in [-0.2, 0) is 0 Å². The summed E-state index contributed by atoms with van der Waals surface area (Å²) in [6.07, 6.45) is 5.59. The highest BCUT2D eigenvalue weighted by molar-refractivity contribution is 5.36. The highest BCUT2D eigenvalue weighted by Gasteiger charge is 2.28. The average Bonchev–Trinajstić information content (AvgIpc) is 2.37. The number of aryl methyl sites for hydroxylation is 2. The molecule has 0 aliphatic heterocycles. The third-order valence-electron chi connectivity index (χ3n) is 4.73. The quantitative estimate of drug-likeness (QED) is 0.820. The molecule has 0 saturated heterocycles. The Bertz CT molecular complexity index is 390. The monoisotopic (exact) mass is 259 g/mol. The van der Waals surface area contributed by atoms with Crippen LogP contribution in [0.15, 0.2) is 18.2 Å². The lowest BCUT2D eigenvalue weighted by atomic mass is 9.75. The molecule has 1 fully saturated rings. The van der Waals surface area contributed by atoms with E-state index in [0.717, 1.165) is 18.4 Å². The lowest BCUT2D eigenvalue weighted by Crippen LogP contribution is -2.32. The van der Waals surface area contributed by atoms with E-state index >= 15 is 0 Å². The molecule has 0 aromatic heterocycles. The Labute approximate surface area is 118 Å². The molecule has 1 aliphatic carbocycles. The molecule has 3 unspecified atom stereocenters. The van der Waals surface area contributed by atoms with Gasteiger partial charge in [-0.05, 0) is 61.8 Å². The number of hydrogen-bond donors (Lipinski definition) is 1. The molecule has 0 spiro atoms. The van der Waals surface area contributed by atoms with Crippen LogP contribution in [0.1, 0.15) is 62.3 Å². The second kappa shape index (κ2) is 6.56. The zero-order valence-corrected chi connectivity index (χ0v) is 13.0. The molecule has 1 heteroatoms. The van der Waals surface area contributed by atoms with E-state index in [4.69, 9.17) is 0 Å². The first-order valence-corrected chi connectivity index (χ1v) is 7.93. The number of nitrogens with one attached hydrogen (secondary N) is 1.